The highest BCUT2D eigenvalue weighted by Crippen LogP contribution is 2.23. The van der Waals surface area contributed by atoms with Gasteiger partial charge in [-0.1, -0.05) is 11.8 Å². The van der Waals surface area contributed by atoms with Gasteiger partial charge in [-0.2, -0.15) is 4.98 Å². The van der Waals surface area contributed by atoms with E-state index in [2.05, 4.69) is 25.4 Å². The number of hydrogen-bond acceptors (Lipinski definition) is 8. The van der Waals surface area contributed by atoms with Crippen LogP contribution in [0.1, 0.15) is 29.8 Å². The van der Waals surface area contributed by atoms with Gasteiger partial charge in [-0.15, -0.1) is 16.4 Å². The molecule has 1 unspecified atom stereocenters. The van der Waals surface area contributed by atoms with Gasteiger partial charge in [0.15, 0.2) is 5.13 Å². The van der Waals surface area contributed by atoms with E-state index in [1.807, 2.05) is 20.1 Å². The molecule has 0 bridgehead atoms. The second-order valence-corrected chi connectivity index (χ2v) is 8.49. The highest BCUT2D eigenvalue weighted by Gasteiger charge is 2.34. The lowest BCUT2D eigenvalue weighted by molar-refractivity contribution is -0.136. The second-order valence-electron chi connectivity index (χ2n) is 6.82. The third-order valence-corrected chi connectivity index (χ3v) is 6.30. The fraction of sp³-hybridized carbons (Fsp3) is 0.444. The van der Waals surface area contributed by atoms with Crippen LogP contribution in [0.4, 0.5) is 5.13 Å². The Kier molecular flexibility index (Phi) is 5.50. The molecular formula is C18H21N7O2S2. The Labute approximate surface area is 175 Å². The molecule has 1 aliphatic heterocycles. The molecule has 11 heteroatoms. The van der Waals surface area contributed by atoms with E-state index >= 15 is 0 Å². The number of likely N-dealkylation sites (tertiary alicyclic amines) is 1. The maximum absolute atomic E-state index is 13.1. The van der Waals surface area contributed by atoms with Gasteiger partial charge in [-0.05, 0) is 32.9 Å². The molecule has 4 rings (SSSR count). The van der Waals surface area contributed by atoms with Gasteiger partial charge in [0.25, 0.3) is 5.78 Å². The molecule has 1 N–H and O–H groups in total. The van der Waals surface area contributed by atoms with E-state index in [0.717, 1.165) is 23.4 Å². The first-order valence-corrected chi connectivity index (χ1v) is 11.3. The molecule has 152 valence electrons. The smallest absolute Gasteiger partial charge is 0.253 e. The third-order valence-electron chi connectivity index (χ3n) is 5.08. The lowest BCUT2D eigenvalue weighted by atomic mass is 10.1. The molecule has 3 aromatic heterocycles. The van der Waals surface area contributed by atoms with Crippen LogP contribution in [0.3, 0.4) is 0 Å². The molecule has 0 aromatic carbocycles. The van der Waals surface area contributed by atoms with Gasteiger partial charge >= 0.3 is 0 Å². The van der Waals surface area contributed by atoms with Crippen LogP contribution in [0.15, 0.2) is 16.7 Å². The molecule has 2 amide bonds. The molecule has 9 nitrogen and oxygen atoms in total. The van der Waals surface area contributed by atoms with Crippen LogP contribution >= 0.6 is 23.1 Å². The summed E-state index contributed by atoms with van der Waals surface area (Å²) in [7, 11) is 0. The van der Waals surface area contributed by atoms with Crippen LogP contribution < -0.4 is 5.32 Å². The van der Waals surface area contributed by atoms with E-state index in [1.165, 1.54) is 23.1 Å². The highest BCUT2D eigenvalue weighted by atomic mass is 32.2. The van der Waals surface area contributed by atoms with Crippen LogP contribution in [0.25, 0.3) is 5.78 Å². The Balaban J connectivity index is 1.54. The quantitative estimate of drug-likeness (QED) is 0.617. The van der Waals surface area contributed by atoms with Gasteiger partial charge < -0.3 is 10.2 Å². The number of thioether (sulfide) groups is 1. The number of aryl methyl sites for hydroxylation is 2. The van der Waals surface area contributed by atoms with Gasteiger partial charge in [0.05, 0.1) is 6.42 Å². The van der Waals surface area contributed by atoms with E-state index in [1.54, 1.807) is 21.0 Å². The molecule has 3 aromatic rings. The summed E-state index contributed by atoms with van der Waals surface area (Å²) in [6.07, 6.45) is 5.18. The van der Waals surface area contributed by atoms with Gasteiger partial charge in [-0.25, -0.2) is 14.5 Å². The Morgan fingerprint density at radius 3 is 2.90 bits per heavy atom. The average molecular weight is 432 g/mol. The van der Waals surface area contributed by atoms with Crippen molar-refractivity contribution in [3.05, 3.63) is 28.5 Å². The van der Waals surface area contributed by atoms with Gasteiger partial charge in [0.2, 0.25) is 17.0 Å². The summed E-state index contributed by atoms with van der Waals surface area (Å²) in [5.41, 5.74) is 2.43. The van der Waals surface area contributed by atoms with E-state index in [4.69, 9.17) is 0 Å². The second kappa shape index (κ2) is 8.07. The SMILES string of the molecule is CSc1nc2nc(C)c(CC(=O)N3CCCC3C(=O)Nc3nccs3)c(C)n2n1. The van der Waals surface area contributed by atoms with Crippen molar-refractivity contribution in [1.29, 1.82) is 0 Å². The molecule has 1 fully saturated rings. The first kappa shape index (κ1) is 19.8. The number of amides is 2. The first-order chi connectivity index (χ1) is 14.0. The van der Waals surface area contributed by atoms with Crippen LogP contribution in [-0.4, -0.2) is 60.1 Å². The van der Waals surface area contributed by atoms with E-state index in [0.29, 0.717) is 29.0 Å². The number of aromatic nitrogens is 5. The van der Waals surface area contributed by atoms with E-state index < -0.39 is 6.04 Å². The van der Waals surface area contributed by atoms with Crippen LogP contribution in [0, 0.1) is 13.8 Å². The van der Waals surface area contributed by atoms with Crippen molar-refractivity contribution >= 4 is 45.8 Å². The lowest BCUT2D eigenvalue weighted by Crippen LogP contribution is -2.44. The fourth-order valence-electron chi connectivity index (χ4n) is 3.60. The normalized spacial score (nSPS) is 16.5. The van der Waals surface area contributed by atoms with Crippen LogP contribution in [-0.2, 0) is 16.0 Å². The van der Waals surface area contributed by atoms with Crippen molar-refractivity contribution in [2.24, 2.45) is 0 Å². The molecule has 0 saturated carbocycles. The number of anilines is 1. The van der Waals surface area contributed by atoms with Crippen molar-refractivity contribution in [2.75, 3.05) is 18.1 Å². The summed E-state index contributed by atoms with van der Waals surface area (Å²) in [4.78, 5) is 40.4. The number of thiazole rings is 1. The minimum atomic E-state index is -0.474. The van der Waals surface area contributed by atoms with Crippen LogP contribution in [0.5, 0.6) is 0 Å². The number of nitrogens with one attached hydrogen (secondary N) is 1. The number of rotatable bonds is 5. The summed E-state index contributed by atoms with van der Waals surface area (Å²) >= 11 is 2.81. The molecule has 1 aliphatic rings. The molecule has 29 heavy (non-hydrogen) atoms. The Bertz CT molecular complexity index is 1060. The number of nitrogens with zero attached hydrogens (tertiary/aromatic N) is 6. The first-order valence-electron chi connectivity index (χ1n) is 9.24. The molecule has 1 atom stereocenters. The largest absolute Gasteiger partial charge is 0.330 e. The zero-order chi connectivity index (χ0) is 20.5. The van der Waals surface area contributed by atoms with E-state index in [-0.39, 0.29) is 18.2 Å². The third kappa shape index (κ3) is 3.84. The summed E-state index contributed by atoms with van der Waals surface area (Å²) < 4.78 is 1.68. The molecule has 0 spiro atoms. The Hall–Kier alpha value is -2.53. The molecule has 0 radical (unpaired) electrons. The van der Waals surface area contributed by atoms with Crippen molar-refractivity contribution in [3.63, 3.8) is 0 Å². The summed E-state index contributed by atoms with van der Waals surface area (Å²) in [6, 6.07) is -0.474. The lowest BCUT2D eigenvalue weighted by Gasteiger charge is -2.24. The Morgan fingerprint density at radius 2 is 2.17 bits per heavy atom. The number of carbonyl (C=O) groups is 2. The Morgan fingerprint density at radius 1 is 1.34 bits per heavy atom. The molecule has 1 saturated heterocycles. The van der Waals surface area contributed by atoms with E-state index in [9.17, 15) is 9.59 Å². The molecular weight excluding hydrogens is 410 g/mol. The minimum Gasteiger partial charge on any atom is -0.330 e. The standard InChI is InChI=1S/C18H21N7O2S2/c1-10-12(11(2)25-16(20-10)22-18(23-25)28-3)9-14(26)24-7-4-5-13(24)15(27)21-17-19-6-8-29-17/h6,8,13H,4-5,7,9H2,1-3H3,(H,19,21,27). The fourth-order valence-corrected chi connectivity index (χ4v) is 4.46. The van der Waals surface area contributed by atoms with Gasteiger partial charge in [-0.3, -0.25) is 9.59 Å². The monoisotopic (exact) mass is 431 g/mol. The number of carbonyl (C=O) groups excluding carboxylic acids is 2. The number of hydrogen-bond donors (Lipinski definition) is 1. The maximum Gasteiger partial charge on any atom is 0.253 e. The highest BCUT2D eigenvalue weighted by molar-refractivity contribution is 7.98. The van der Waals surface area contributed by atoms with Crippen molar-refractivity contribution < 1.29 is 9.59 Å². The maximum atomic E-state index is 13.1. The predicted molar refractivity (Wildman–Crippen MR) is 111 cm³/mol. The van der Waals surface area contributed by atoms with Gasteiger partial charge in [0, 0.05) is 35.1 Å². The molecule has 0 aliphatic carbocycles. The van der Waals surface area contributed by atoms with Crippen LogP contribution in [0.2, 0.25) is 0 Å². The van der Waals surface area contributed by atoms with Crippen molar-refractivity contribution in [3.8, 4) is 0 Å². The predicted octanol–water partition coefficient (Wildman–Crippen LogP) is 2.09. The molecule has 4 heterocycles. The zero-order valence-electron chi connectivity index (χ0n) is 16.4. The zero-order valence-corrected chi connectivity index (χ0v) is 18.0. The van der Waals surface area contributed by atoms with Gasteiger partial charge in [0.1, 0.15) is 6.04 Å². The average Bonchev–Trinajstić information content (AvgIpc) is 3.44. The number of fused-ring (bicyclic) bond motifs is 1. The topological polar surface area (TPSA) is 105 Å². The summed E-state index contributed by atoms with van der Waals surface area (Å²) in [6.45, 7) is 4.36. The minimum absolute atomic E-state index is 0.0839. The summed E-state index contributed by atoms with van der Waals surface area (Å²) in [5, 5.41) is 10.2. The summed E-state index contributed by atoms with van der Waals surface area (Å²) in [5.74, 6) is 0.260. The van der Waals surface area contributed by atoms with Crippen molar-refractivity contribution in [2.45, 2.75) is 44.3 Å². The van der Waals surface area contributed by atoms with Crippen molar-refractivity contribution in [1.82, 2.24) is 29.5 Å².